The Morgan fingerprint density at radius 1 is 1.10 bits per heavy atom. The number of methoxy groups -OCH3 is 1. The van der Waals surface area contributed by atoms with Crippen molar-refractivity contribution in [3.05, 3.63) is 54.9 Å². The number of nitrogens with one attached hydrogen (secondary N) is 1. The van der Waals surface area contributed by atoms with E-state index in [1.807, 2.05) is 18.2 Å². The van der Waals surface area contributed by atoms with Crippen LogP contribution in [0.1, 0.15) is 5.56 Å². The van der Waals surface area contributed by atoms with Gasteiger partial charge in [0.2, 0.25) is 0 Å². The number of halogens is 4. The van der Waals surface area contributed by atoms with Crippen LogP contribution in [0.2, 0.25) is 10.0 Å². The summed E-state index contributed by atoms with van der Waals surface area (Å²) in [6.07, 6.45) is 0. The topological polar surface area (TPSA) is 21.3 Å². The van der Waals surface area contributed by atoms with E-state index in [1.165, 1.54) is 0 Å². The van der Waals surface area contributed by atoms with E-state index in [9.17, 15) is 0 Å². The molecule has 0 bridgehead atoms. The van der Waals surface area contributed by atoms with E-state index in [-0.39, 0.29) is 0 Å². The minimum atomic E-state index is 0.572. The summed E-state index contributed by atoms with van der Waals surface area (Å²) in [6, 6.07) is 9.25. The number of hydrogen-bond acceptors (Lipinski definition) is 2. The molecular formula is C14H11Br2Cl2NO. The molecule has 1 N–H and O–H groups in total. The Labute approximate surface area is 144 Å². The first-order valence-electron chi connectivity index (χ1n) is 5.72. The molecule has 0 aliphatic carbocycles. The Morgan fingerprint density at radius 3 is 2.55 bits per heavy atom. The molecule has 2 aromatic carbocycles. The molecule has 0 aliphatic heterocycles. The van der Waals surface area contributed by atoms with Gasteiger partial charge in [-0.15, -0.1) is 0 Å². The van der Waals surface area contributed by atoms with Crippen LogP contribution in [-0.2, 0) is 6.54 Å². The van der Waals surface area contributed by atoms with E-state index in [0.29, 0.717) is 16.6 Å². The molecule has 0 aromatic heterocycles. The second-order valence-corrected chi connectivity index (χ2v) is 6.61. The van der Waals surface area contributed by atoms with Crippen molar-refractivity contribution < 1.29 is 4.74 Å². The fraction of sp³-hybridized carbons (Fsp3) is 0.143. The summed E-state index contributed by atoms with van der Waals surface area (Å²) in [7, 11) is 1.63. The molecule has 0 aliphatic rings. The highest BCUT2D eigenvalue weighted by Gasteiger charge is 2.08. The highest BCUT2D eigenvalue weighted by atomic mass is 79.9. The molecule has 0 atom stereocenters. The zero-order valence-corrected chi connectivity index (χ0v) is 15.2. The molecule has 0 unspecified atom stereocenters. The van der Waals surface area contributed by atoms with Crippen molar-refractivity contribution in [1.82, 2.24) is 0 Å². The Bertz CT molecular complexity index is 635. The molecule has 20 heavy (non-hydrogen) atoms. The van der Waals surface area contributed by atoms with Gasteiger partial charge in [-0.25, -0.2) is 0 Å². The van der Waals surface area contributed by atoms with E-state index < -0.39 is 0 Å². The maximum Gasteiger partial charge on any atom is 0.135 e. The second kappa shape index (κ2) is 7.03. The molecule has 0 saturated carbocycles. The predicted molar refractivity (Wildman–Crippen MR) is 92.2 cm³/mol. The number of benzene rings is 2. The molecule has 2 aromatic rings. The van der Waals surface area contributed by atoms with Gasteiger partial charge in [0.1, 0.15) is 5.75 Å². The summed E-state index contributed by atoms with van der Waals surface area (Å²) in [5.41, 5.74) is 1.86. The van der Waals surface area contributed by atoms with Crippen molar-refractivity contribution in [2.45, 2.75) is 6.54 Å². The van der Waals surface area contributed by atoms with E-state index in [0.717, 1.165) is 25.9 Å². The first kappa shape index (κ1) is 16.0. The first-order chi connectivity index (χ1) is 9.51. The fourth-order valence-electron chi connectivity index (χ4n) is 1.69. The summed E-state index contributed by atoms with van der Waals surface area (Å²) in [4.78, 5) is 0. The van der Waals surface area contributed by atoms with Gasteiger partial charge in [-0.3, -0.25) is 0 Å². The maximum atomic E-state index is 6.14. The third-order valence-corrected chi connectivity index (χ3v) is 4.60. The molecule has 0 spiro atoms. The minimum absolute atomic E-state index is 0.572. The standard InChI is InChI=1S/C14H11Br2Cl2NO/c1-20-14-6-13(10(15)5-11(14)16)19-7-8-4-9(17)2-3-12(8)18/h2-6,19H,7H2,1H3. The van der Waals surface area contributed by atoms with Gasteiger partial charge in [-0.05, 0) is 61.7 Å². The summed E-state index contributed by atoms with van der Waals surface area (Å²) < 4.78 is 7.10. The lowest BCUT2D eigenvalue weighted by Gasteiger charge is -2.13. The van der Waals surface area contributed by atoms with Crippen LogP contribution in [0.4, 0.5) is 5.69 Å². The Morgan fingerprint density at radius 2 is 1.85 bits per heavy atom. The molecule has 0 radical (unpaired) electrons. The van der Waals surface area contributed by atoms with E-state index in [1.54, 1.807) is 19.2 Å². The first-order valence-corrected chi connectivity index (χ1v) is 8.06. The van der Waals surface area contributed by atoms with Gasteiger partial charge in [0.15, 0.2) is 0 Å². The Balaban J connectivity index is 2.20. The van der Waals surface area contributed by atoms with Gasteiger partial charge in [0.25, 0.3) is 0 Å². The fourth-order valence-corrected chi connectivity index (χ4v) is 3.37. The van der Waals surface area contributed by atoms with Crippen molar-refractivity contribution in [2.24, 2.45) is 0 Å². The van der Waals surface area contributed by atoms with Gasteiger partial charge in [-0.1, -0.05) is 23.2 Å². The van der Waals surface area contributed by atoms with Gasteiger partial charge in [-0.2, -0.15) is 0 Å². The largest absolute Gasteiger partial charge is 0.495 e. The second-order valence-electron chi connectivity index (χ2n) is 4.06. The summed E-state index contributed by atoms with van der Waals surface area (Å²) >= 11 is 19.1. The van der Waals surface area contributed by atoms with E-state index in [4.69, 9.17) is 27.9 Å². The summed E-state index contributed by atoms with van der Waals surface area (Å²) in [5, 5.41) is 4.66. The Hall–Kier alpha value is -0.420. The SMILES string of the molecule is COc1cc(NCc2cc(Cl)ccc2Cl)c(Br)cc1Br. The predicted octanol–water partition coefficient (Wildman–Crippen LogP) is 6.14. The van der Waals surface area contributed by atoms with E-state index in [2.05, 4.69) is 37.2 Å². The normalized spacial score (nSPS) is 10.4. The van der Waals surface area contributed by atoms with Crippen molar-refractivity contribution in [3.8, 4) is 5.75 Å². The lowest BCUT2D eigenvalue weighted by molar-refractivity contribution is 0.412. The number of rotatable bonds is 4. The molecule has 6 heteroatoms. The van der Waals surface area contributed by atoms with Gasteiger partial charge >= 0.3 is 0 Å². The average molecular weight is 440 g/mol. The van der Waals surface area contributed by atoms with Crippen LogP contribution in [0.15, 0.2) is 39.3 Å². The Kier molecular flexibility index (Phi) is 5.61. The number of ether oxygens (including phenoxy) is 1. The van der Waals surface area contributed by atoms with Gasteiger partial charge in [0.05, 0.1) is 17.3 Å². The molecule has 0 fully saturated rings. The van der Waals surface area contributed by atoms with Crippen molar-refractivity contribution in [1.29, 1.82) is 0 Å². The van der Waals surface area contributed by atoms with Crippen LogP contribution >= 0.6 is 55.1 Å². The van der Waals surface area contributed by atoms with Gasteiger partial charge in [0, 0.05) is 27.1 Å². The number of anilines is 1. The quantitative estimate of drug-likeness (QED) is 0.617. The summed E-state index contributed by atoms with van der Waals surface area (Å²) in [6.45, 7) is 0.572. The van der Waals surface area contributed by atoms with Crippen LogP contribution in [0.5, 0.6) is 5.75 Å². The zero-order chi connectivity index (χ0) is 14.7. The molecule has 2 rings (SSSR count). The molecule has 0 heterocycles. The summed E-state index contributed by atoms with van der Waals surface area (Å²) in [5.74, 6) is 0.757. The monoisotopic (exact) mass is 437 g/mol. The maximum absolute atomic E-state index is 6.14. The zero-order valence-electron chi connectivity index (χ0n) is 10.5. The van der Waals surface area contributed by atoms with Crippen LogP contribution in [0.25, 0.3) is 0 Å². The van der Waals surface area contributed by atoms with Crippen LogP contribution in [0.3, 0.4) is 0 Å². The van der Waals surface area contributed by atoms with E-state index >= 15 is 0 Å². The average Bonchev–Trinajstić information content (AvgIpc) is 2.41. The minimum Gasteiger partial charge on any atom is -0.495 e. The van der Waals surface area contributed by atoms with Crippen molar-refractivity contribution >= 4 is 60.7 Å². The highest BCUT2D eigenvalue weighted by molar-refractivity contribution is 9.11. The molecule has 106 valence electrons. The van der Waals surface area contributed by atoms with Crippen molar-refractivity contribution in [2.75, 3.05) is 12.4 Å². The third kappa shape index (κ3) is 3.82. The molecular weight excluding hydrogens is 429 g/mol. The third-order valence-electron chi connectivity index (χ3n) is 2.72. The lowest BCUT2D eigenvalue weighted by Crippen LogP contribution is -2.01. The molecule has 2 nitrogen and oxygen atoms in total. The highest BCUT2D eigenvalue weighted by Crippen LogP contribution is 2.35. The lowest BCUT2D eigenvalue weighted by atomic mass is 10.2. The van der Waals surface area contributed by atoms with Crippen LogP contribution < -0.4 is 10.1 Å². The van der Waals surface area contributed by atoms with Crippen LogP contribution in [0, 0.1) is 0 Å². The van der Waals surface area contributed by atoms with Gasteiger partial charge < -0.3 is 10.1 Å². The molecule has 0 amide bonds. The smallest absolute Gasteiger partial charge is 0.135 e. The van der Waals surface area contributed by atoms with Crippen molar-refractivity contribution in [3.63, 3.8) is 0 Å². The van der Waals surface area contributed by atoms with Crippen LogP contribution in [-0.4, -0.2) is 7.11 Å². The molecule has 0 saturated heterocycles. The number of hydrogen-bond donors (Lipinski definition) is 1.